The van der Waals surface area contributed by atoms with Crippen LogP contribution in [0.1, 0.15) is 27.9 Å². The number of nitrogens with one attached hydrogen (secondary N) is 2. The molecule has 14 nitrogen and oxygen atoms in total. The van der Waals surface area contributed by atoms with Crippen LogP contribution in [0.2, 0.25) is 0 Å². The van der Waals surface area contributed by atoms with Crippen molar-refractivity contribution >= 4 is 46.9 Å². The van der Waals surface area contributed by atoms with Crippen LogP contribution in [-0.2, 0) is 25.6 Å². The largest absolute Gasteiger partial charge is 0.481 e. The van der Waals surface area contributed by atoms with Crippen LogP contribution >= 0.6 is 0 Å². The summed E-state index contributed by atoms with van der Waals surface area (Å²) in [5.74, 6) is -6.65. The van der Waals surface area contributed by atoms with E-state index in [-0.39, 0.29) is 29.2 Å². The van der Waals surface area contributed by atoms with Crippen LogP contribution in [0.15, 0.2) is 42.5 Å². The molecule has 0 bridgehead atoms. The lowest BCUT2D eigenvalue weighted by molar-refractivity contribution is -0.147. The van der Waals surface area contributed by atoms with Crippen LogP contribution in [0, 0.1) is 5.41 Å². The molecule has 2 aromatic rings. The standard InChI is InChI=1S/C23H26N6O8/c24-13-5-6-14(22(34)35)17(8-13)29(10-18(30)28-16(23(36)37)9-19(31)32)21(33)15(25)7-11-1-3-12(4-2-11)20(26)27/h1-6,8,15-16H,7,9-10,24-25H2,(H3,26,27)(H,28,30)(H,31,32)(H,34,35)(H,36,37)/t15?,16-/m0/s1. The number of amides is 2. The Morgan fingerprint density at radius 3 is 2.14 bits per heavy atom. The monoisotopic (exact) mass is 514 g/mol. The summed E-state index contributed by atoms with van der Waals surface area (Å²) in [6.45, 7) is -0.872. The Hall–Kier alpha value is -4.98. The van der Waals surface area contributed by atoms with Crippen LogP contribution in [0.25, 0.3) is 0 Å². The summed E-state index contributed by atoms with van der Waals surface area (Å²) in [4.78, 5) is 60.8. The molecule has 2 rings (SSSR count). The Kier molecular flexibility index (Phi) is 9.26. The van der Waals surface area contributed by atoms with Gasteiger partial charge in [0.15, 0.2) is 0 Å². The number of hydrogen-bond acceptors (Lipinski definition) is 8. The molecule has 0 heterocycles. The number of carboxylic acids is 3. The minimum Gasteiger partial charge on any atom is -0.481 e. The Morgan fingerprint density at radius 2 is 1.62 bits per heavy atom. The number of benzene rings is 2. The minimum atomic E-state index is -1.80. The number of amidine groups is 1. The van der Waals surface area contributed by atoms with E-state index in [2.05, 4.69) is 0 Å². The van der Waals surface area contributed by atoms with Gasteiger partial charge in [-0.15, -0.1) is 0 Å². The van der Waals surface area contributed by atoms with E-state index in [9.17, 15) is 34.2 Å². The van der Waals surface area contributed by atoms with Gasteiger partial charge < -0.3 is 42.7 Å². The summed E-state index contributed by atoms with van der Waals surface area (Å²) < 4.78 is 0. The molecule has 0 aliphatic heterocycles. The van der Waals surface area contributed by atoms with E-state index in [4.69, 9.17) is 27.7 Å². The minimum absolute atomic E-state index is 0.0450. The molecule has 0 spiro atoms. The zero-order valence-electron chi connectivity index (χ0n) is 19.4. The second kappa shape index (κ2) is 12.1. The van der Waals surface area contributed by atoms with Crippen molar-refractivity contribution in [3.63, 3.8) is 0 Å². The summed E-state index contributed by atoms with van der Waals surface area (Å²) in [7, 11) is 0. The Balaban J connectivity index is 2.39. The van der Waals surface area contributed by atoms with Crippen LogP contribution in [0.4, 0.5) is 11.4 Å². The van der Waals surface area contributed by atoms with Gasteiger partial charge in [0, 0.05) is 11.3 Å². The lowest BCUT2D eigenvalue weighted by Gasteiger charge is -2.27. The van der Waals surface area contributed by atoms with Gasteiger partial charge in [-0.25, -0.2) is 9.59 Å². The third-order valence-electron chi connectivity index (χ3n) is 5.16. The van der Waals surface area contributed by atoms with Crippen LogP contribution in [0.5, 0.6) is 0 Å². The number of nitrogens with two attached hydrogens (primary N) is 3. The van der Waals surface area contributed by atoms with Gasteiger partial charge in [-0.3, -0.25) is 19.8 Å². The normalized spacial score (nSPS) is 12.1. The average Bonchev–Trinajstić information content (AvgIpc) is 2.81. The number of nitrogens with zero attached hydrogens (tertiary/aromatic N) is 1. The van der Waals surface area contributed by atoms with Crippen molar-refractivity contribution in [2.45, 2.75) is 24.9 Å². The van der Waals surface area contributed by atoms with Crippen molar-refractivity contribution in [3.8, 4) is 0 Å². The predicted octanol–water partition coefficient (Wildman–Crippen LogP) is -0.802. The fraction of sp³-hybridized carbons (Fsp3) is 0.217. The smallest absolute Gasteiger partial charge is 0.337 e. The van der Waals surface area contributed by atoms with Crippen molar-refractivity contribution in [1.82, 2.24) is 5.32 Å². The second-order valence-corrected chi connectivity index (χ2v) is 7.98. The van der Waals surface area contributed by atoms with E-state index >= 15 is 0 Å². The lowest BCUT2D eigenvalue weighted by Crippen LogP contribution is -2.52. The highest BCUT2D eigenvalue weighted by molar-refractivity contribution is 6.07. The van der Waals surface area contributed by atoms with Gasteiger partial charge in [-0.1, -0.05) is 24.3 Å². The van der Waals surface area contributed by atoms with Crippen LogP contribution in [0.3, 0.4) is 0 Å². The summed E-state index contributed by atoms with van der Waals surface area (Å²) in [5.41, 5.74) is 17.8. The van der Waals surface area contributed by atoms with Gasteiger partial charge in [-0.05, 0) is 30.2 Å². The van der Waals surface area contributed by atoms with E-state index in [1.165, 1.54) is 6.07 Å². The molecule has 2 amide bonds. The summed E-state index contributed by atoms with van der Waals surface area (Å²) in [6.07, 6.45) is -0.972. The molecule has 1 unspecified atom stereocenters. The highest BCUT2D eigenvalue weighted by Crippen LogP contribution is 2.25. The highest BCUT2D eigenvalue weighted by Gasteiger charge is 2.30. The number of nitrogen functional groups attached to an aromatic ring is 2. The first kappa shape index (κ1) is 28.3. The SMILES string of the molecule is N=C(N)c1ccc(CC(N)C(=O)N(CC(=O)N[C@@H](CC(=O)O)C(=O)O)c2cc(N)ccc2C(=O)O)cc1. The van der Waals surface area contributed by atoms with Crippen molar-refractivity contribution in [1.29, 1.82) is 5.41 Å². The molecule has 0 fully saturated rings. The fourth-order valence-electron chi connectivity index (χ4n) is 3.35. The Bertz CT molecular complexity index is 1230. The maximum atomic E-state index is 13.4. The quantitative estimate of drug-likeness (QED) is 0.0986. The first-order chi connectivity index (χ1) is 17.3. The van der Waals surface area contributed by atoms with E-state index in [1.807, 2.05) is 5.32 Å². The molecule has 14 heteroatoms. The van der Waals surface area contributed by atoms with Gasteiger partial charge in [0.2, 0.25) is 11.8 Å². The molecule has 0 aliphatic carbocycles. The average molecular weight is 514 g/mol. The van der Waals surface area contributed by atoms with Crippen LogP contribution in [-0.4, -0.2) is 69.5 Å². The maximum absolute atomic E-state index is 13.4. The van der Waals surface area contributed by atoms with Gasteiger partial charge in [0.25, 0.3) is 0 Å². The number of carbonyl (C=O) groups excluding carboxylic acids is 2. The number of rotatable bonds is 12. The highest BCUT2D eigenvalue weighted by atomic mass is 16.4. The number of carboxylic acid groups (broad SMARTS) is 3. The fourth-order valence-corrected chi connectivity index (χ4v) is 3.35. The van der Waals surface area contributed by atoms with E-state index in [1.54, 1.807) is 24.3 Å². The Morgan fingerprint density at radius 1 is 1.00 bits per heavy atom. The number of hydrogen-bond donors (Lipinski definition) is 8. The molecule has 0 aliphatic rings. The maximum Gasteiger partial charge on any atom is 0.337 e. The van der Waals surface area contributed by atoms with Gasteiger partial charge >= 0.3 is 17.9 Å². The number of anilines is 2. The second-order valence-electron chi connectivity index (χ2n) is 7.98. The van der Waals surface area contributed by atoms with E-state index in [0.29, 0.717) is 11.1 Å². The zero-order valence-corrected chi connectivity index (χ0v) is 19.4. The molecule has 2 atom stereocenters. The number of carbonyl (C=O) groups is 5. The lowest BCUT2D eigenvalue weighted by atomic mass is 10.0. The molecule has 0 radical (unpaired) electrons. The van der Waals surface area contributed by atoms with Crippen molar-refractivity contribution in [3.05, 3.63) is 59.2 Å². The summed E-state index contributed by atoms with van der Waals surface area (Å²) in [5, 5.41) is 37.1. The van der Waals surface area contributed by atoms with Crippen molar-refractivity contribution in [2.24, 2.45) is 11.5 Å². The predicted molar refractivity (Wildman–Crippen MR) is 131 cm³/mol. The number of aromatic carboxylic acids is 1. The van der Waals surface area contributed by atoms with Gasteiger partial charge in [-0.2, -0.15) is 0 Å². The molecule has 0 saturated heterocycles. The van der Waals surface area contributed by atoms with Crippen LogP contribution < -0.4 is 27.4 Å². The Labute approximate surface area is 210 Å². The molecule has 11 N–H and O–H groups in total. The molecular weight excluding hydrogens is 488 g/mol. The molecule has 37 heavy (non-hydrogen) atoms. The third-order valence-corrected chi connectivity index (χ3v) is 5.16. The number of aliphatic carboxylic acids is 2. The first-order valence-electron chi connectivity index (χ1n) is 10.7. The van der Waals surface area contributed by atoms with Crippen molar-refractivity contribution in [2.75, 3.05) is 17.2 Å². The first-order valence-corrected chi connectivity index (χ1v) is 10.7. The topological polar surface area (TPSA) is 263 Å². The molecule has 2 aromatic carbocycles. The van der Waals surface area contributed by atoms with E-state index < -0.39 is 54.8 Å². The van der Waals surface area contributed by atoms with Crippen molar-refractivity contribution < 1.29 is 39.3 Å². The third kappa shape index (κ3) is 7.76. The molecular formula is C23H26N6O8. The van der Waals surface area contributed by atoms with Gasteiger partial charge in [0.05, 0.1) is 23.7 Å². The zero-order chi connectivity index (χ0) is 27.9. The molecule has 196 valence electrons. The molecule has 0 saturated carbocycles. The van der Waals surface area contributed by atoms with E-state index in [0.717, 1.165) is 17.0 Å². The summed E-state index contributed by atoms with van der Waals surface area (Å²) >= 11 is 0. The summed E-state index contributed by atoms with van der Waals surface area (Å²) in [6, 6.07) is 6.75. The molecule has 0 aromatic heterocycles. The van der Waals surface area contributed by atoms with Gasteiger partial charge in [0.1, 0.15) is 18.4 Å².